The molecular formula is C28H23F2N3O2. The van der Waals surface area contributed by atoms with Gasteiger partial charge in [0.05, 0.1) is 29.5 Å². The van der Waals surface area contributed by atoms with Crippen molar-refractivity contribution in [1.82, 2.24) is 15.1 Å². The first kappa shape index (κ1) is 22.7. The van der Waals surface area contributed by atoms with Gasteiger partial charge in [-0.2, -0.15) is 5.10 Å². The number of aromatic nitrogens is 2. The molecule has 0 saturated carbocycles. The van der Waals surface area contributed by atoms with Gasteiger partial charge in [-0.15, -0.1) is 0 Å². The average Bonchev–Trinajstić information content (AvgIpc) is 3.16. The Labute approximate surface area is 201 Å². The molecule has 7 heteroatoms. The zero-order chi connectivity index (χ0) is 24.7. The molecule has 0 fully saturated rings. The molecule has 176 valence electrons. The second-order valence-corrected chi connectivity index (χ2v) is 8.83. The number of carbonyl (C=O) groups is 2. The van der Waals surface area contributed by atoms with Crippen molar-refractivity contribution in [2.24, 2.45) is 0 Å². The summed E-state index contributed by atoms with van der Waals surface area (Å²) in [6, 6.07) is 18.1. The van der Waals surface area contributed by atoms with Crippen molar-refractivity contribution in [3.05, 3.63) is 118 Å². The summed E-state index contributed by atoms with van der Waals surface area (Å²) in [4.78, 5) is 26.6. The topological polar surface area (TPSA) is 64.0 Å². The van der Waals surface area contributed by atoms with Crippen molar-refractivity contribution in [2.75, 3.05) is 0 Å². The monoisotopic (exact) mass is 471 g/mol. The van der Waals surface area contributed by atoms with Crippen LogP contribution in [0.4, 0.5) is 8.78 Å². The molecule has 3 aromatic carbocycles. The number of ketones is 1. The van der Waals surface area contributed by atoms with Crippen LogP contribution in [0.5, 0.6) is 0 Å². The van der Waals surface area contributed by atoms with Gasteiger partial charge in [-0.05, 0) is 67.9 Å². The molecule has 1 amide bonds. The summed E-state index contributed by atoms with van der Waals surface area (Å²) in [5.41, 5.74) is 4.87. The van der Waals surface area contributed by atoms with Crippen molar-refractivity contribution in [3.63, 3.8) is 0 Å². The summed E-state index contributed by atoms with van der Waals surface area (Å²) < 4.78 is 28.9. The van der Waals surface area contributed by atoms with E-state index in [4.69, 9.17) is 0 Å². The molecule has 2 atom stereocenters. The molecule has 1 N–H and O–H groups in total. The minimum absolute atomic E-state index is 0.0456. The Morgan fingerprint density at radius 1 is 0.971 bits per heavy atom. The summed E-state index contributed by atoms with van der Waals surface area (Å²) >= 11 is 0. The van der Waals surface area contributed by atoms with E-state index in [2.05, 4.69) is 10.4 Å². The molecular weight excluding hydrogens is 448 g/mol. The lowest BCUT2D eigenvalue weighted by molar-refractivity contribution is -0.121. The third kappa shape index (κ3) is 4.25. The lowest BCUT2D eigenvalue weighted by Gasteiger charge is -2.32. The molecule has 0 radical (unpaired) electrons. The average molecular weight is 472 g/mol. The van der Waals surface area contributed by atoms with Gasteiger partial charge in [-0.1, -0.05) is 29.8 Å². The minimum Gasteiger partial charge on any atom is -0.341 e. The molecule has 1 aromatic heterocycles. The largest absolute Gasteiger partial charge is 0.341 e. The number of halogens is 2. The Hall–Kier alpha value is -4.13. The van der Waals surface area contributed by atoms with Crippen LogP contribution in [0.3, 0.4) is 0 Å². The van der Waals surface area contributed by atoms with Crippen molar-refractivity contribution >= 4 is 11.7 Å². The predicted molar refractivity (Wildman–Crippen MR) is 128 cm³/mol. The van der Waals surface area contributed by atoms with Crippen LogP contribution in [0, 0.1) is 25.5 Å². The smallest absolute Gasteiger partial charge is 0.251 e. The zero-order valence-electron chi connectivity index (χ0n) is 19.3. The molecule has 35 heavy (non-hydrogen) atoms. The highest BCUT2D eigenvalue weighted by Crippen LogP contribution is 2.39. The van der Waals surface area contributed by atoms with E-state index in [1.165, 1.54) is 24.3 Å². The number of Topliss-reactive ketones (excluding diaryl/α,β-unsaturated/α-hetero) is 1. The number of aryl methyl sites for hydroxylation is 2. The number of carbonyl (C=O) groups excluding carboxylic acids is 2. The highest BCUT2D eigenvalue weighted by Gasteiger charge is 2.41. The molecule has 0 aliphatic heterocycles. The summed E-state index contributed by atoms with van der Waals surface area (Å²) in [6.45, 7) is 3.73. The maximum Gasteiger partial charge on any atom is 0.251 e. The highest BCUT2D eigenvalue weighted by atomic mass is 19.1. The number of nitrogens with zero attached hydrogens (tertiary/aromatic N) is 2. The summed E-state index contributed by atoms with van der Waals surface area (Å²) in [5, 5.41) is 7.59. The number of amides is 1. The van der Waals surface area contributed by atoms with Gasteiger partial charge >= 0.3 is 0 Å². The van der Waals surface area contributed by atoms with Gasteiger partial charge in [0.2, 0.25) is 0 Å². The molecule has 5 nitrogen and oxygen atoms in total. The van der Waals surface area contributed by atoms with Crippen LogP contribution in [0.2, 0.25) is 0 Å². The van der Waals surface area contributed by atoms with Gasteiger partial charge in [0.1, 0.15) is 11.6 Å². The molecule has 0 saturated heterocycles. The van der Waals surface area contributed by atoms with Crippen LogP contribution in [-0.2, 0) is 11.2 Å². The van der Waals surface area contributed by atoms with E-state index in [0.29, 0.717) is 28.2 Å². The normalized spacial score (nSPS) is 17.2. The van der Waals surface area contributed by atoms with Gasteiger partial charge in [0.15, 0.2) is 5.78 Å². The zero-order valence-corrected chi connectivity index (χ0v) is 19.3. The Morgan fingerprint density at radius 2 is 1.63 bits per heavy atom. The molecule has 1 heterocycles. The van der Waals surface area contributed by atoms with Crippen LogP contribution in [0.15, 0.2) is 72.8 Å². The Kier molecular flexibility index (Phi) is 5.76. The fraction of sp³-hybridized carbons (Fsp3) is 0.179. The van der Waals surface area contributed by atoms with Gasteiger partial charge in [0.25, 0.3) is 5.91 Å². The summed E-state index contributed by atoms with van der Waals surface area (Å²) in [5.74, 6) is -1.86. The van der Waals surface area contributed by atoms with Crippen molar-refractivity contribution in [3.8, 4) is 5.69 Å². The summed E-state index contributed by atoms with van der Waals surface area (Å²) in [6.07, 6.45) is 0.0456. The van der Waals surface area contributed by atoms with Crippen molar-refractivity contribution in [1.29, 1.82) is 0 Å². The van der Waals surface area contributed by atoms with Crippen LogP contribution >= 0.6 is 0 Å². The van der Waals surface area contributed by atoms with Crippen LogP contribution in [0.1, 0.15) is 44.4 Å². The van der Waals surface area contributed by atoms with Gasteiger partial charge < -0.3 is 5.32 Å². The Balaban J connectivity index is 1.62. The quantitative estimate of drug-likeness (QED) is 0.464. The Bertz CT molecular complexity index is 1430. The Morgan fingerprint density at radius 3 is 2.29 bits per heavy atom. The third-order valence-corrected chi connectivity index (χ3v) is 6.41. The van der Waals surface area contributed by atoms with Gasteiger partial charge in [-0.25, -0.2) is 13.5 Å². The van der Waals surface area contributed by atoms with E-state index in [1.54, 1.807) is 47.1 Å². The SMILES string of the molecule is Cc1cccc(C(=O)N[C@H]2C(=O)Cc3c(c(C)nn3-c3ccc(F)cc3)[C@@H]2c2ccc(F)cc2)c1. The second-order valence-electron chi connectivity index (χ2n) is 8.83. The molecule has 1 aliphatic rings. The van der Waals surface area contributed by atoms with Crippen molar-refractivity contribution < 1.29 is 18.4 Å². The molecule has 0 spiro atoms. The van der Waals surface area contributed by atoms with E-state index in [1.807, 2.05) is 19.9 Å². The molecule has 0 bridgehead atoms. The number of rotatable bonds is 4. The number of fused-ring (bicyclic) bond motifs is 1. The van der Waals surface area contributed by atoms with Gasteiger partial charge in [-0.3, -0.25) is 9.59 Å². The second kappa shape index (κ2) is 8.91. The lowest BCUT2D eigenvalue weighted by atomic mass is 9.76. The van der Waals surface area contributed by atoms with Crippen LogP contribution < -0.4 is 5.32 Å². The molecule has 1 aliphatic carbocycles. The number of nitrogens with one attached hydrogen (secondary N) is 1. The first-order valence-electron chi connectivity index (χ1n) is 11.3. The fourth-order valence-electron chi connectivity index (χ4n) is 4.79. The standard InChI is InChI=1S/C28H23F2N3O2/c1-16-4-3-5-19(14-16)28(35)31-27-24(34)15-23-25(26(27)18-6-8-20(29)9-7-18)17(2)32-33(23)22-12-10-21(30)11-13-22/h3-14,26-27H,15H2,1-2H3,(H,31,35)/t26-,27-/m0/s1. The summed E-state index contributed by atoms with van der Waals surface area (Å²) in [7, 11) is 0. The fourth-order valence-corrected chi connectivity index (χ4v) is 4.79. The van der Waals surface area contributed by atoms with E-state index in [-0.39, 0.29) is 23.9 Å². The molecule has 4 aromatic rings. The van der Waals surface area contributed by atoms with E-state index in [0.717, 1.165) is 11.1 Å². The first-order valence-corrected chi connectivity index (χ1v) is 11.3. The maximum atomic E-state index is 13.7. The number of hydrogen-bond donors (Lipinski definition) is 1. The number of benzene rings is 3. The number of hydrogen-bond acceptors (Lipinski definition) is 3. The molecule has 0 unspecified atom stereocenters. The third-order valence-electron chi connectivity index (χ3n) is 6.41. The highest BCUT2D eigenvalue weighted by molar-refractivity contribution is 6.00. The minimum atomic E-state index is -0.856. The van der Waals surface area contributed by atoms with Crippen molar-refractivity contribution in [2.45, 2.75) is 32.2 Å². The van der Waals surface area contributed by atoms with E-state index in [9.17, 15) is 18.4 Å². The molecule has 5 rings (SSSR count). The lowest BCUT2D eigenvalue weighted by Crippen LogP contribution is -2.48. The predicted octanol–water partition coefficient (Wildman–Crippen LogP) is 4.82. The van der Waals surface area contributed by atoms with Crippen LogP contribution in [-0.4, -0.2) is 27.5 Å². The van der Waals surface area contributed by atoms with Crippen LogP contribution in [0.25, 0.3) is 5.69 Å². The first-order chi connectivity index (χ1) is 16.8. The maximum absolute atomic E-state index is 13.7. The van der Waals surface area contributed by atoms with E-state index >= 15 is 0 Å². The van der Waals surface area contributed by atoms with Gasteiger partial charge in [0, 0.05) is 17.0 Å². The van der Waals surface area contributed by atoms with E-state index < -0.39 is 17.8 Å².